The van der Waals surface area contributed by atoms with Crippen molar-refractivity contribution in [3.63, 3.8) is 0 Å². The summed E-state index contributed by atoms with van der Waals surface area (Å²) in [5.74, 6) is -0.227. The van der Waals surface area contributed by atoms with E-state index in [-0.39, 0.29) is 17.2 Å². The van der Waals surface area contributed by atoms with Gasteiger partial charge in [0.2, 0.25) is 0 Å². The number of amides is 1. The van der Waals surface area contributed by atoms with Gasteiger partial charge >= 0.3 is 5.91 Å². The van der Waals surface area contributed by atoms with Crippen molar-refractivity contribution in [3.05, 3.63) is 83.6 Å². The molecule has 1 atom stereocenters. The molecule has 0 radical (unpaired) electrons. The molecule has 2 heterocycles. The molecule has 9 nitrogen and oxygen atoms in total. The van der Waals surface area contributed by atoms with Crippen molar-refractivity contribution in [1.29, 1.82) is 0 Å². The van der Waals surface area contributed by atoms with Gasteiger partial charge in [-0.2, -0.15) is 0 Å². The second-order valence-corrected chi connectivity index (χ2v) is 7.67. The molecule has 1 aliphatic rings. The predicted octanol–water partition coefficient (Wildman–Crippen LogP) is 4.19. The molecular weight excluding hydrogens is 452 g/mol. The van der Waals surface area contributed by atoms with Gasteiger partial charge in [0.15, 0.2) is 17.3 Å². The van der Waals surface area contributed by atoms with Gasteiger partial charge in [0.05, 0.1) is 19.8 Å². The Labute approximate surface area is 201 Å². The number of hydrogen-bond donors (Lipinski definition) is 1. The van der Waals surface area contributed by atoms with Gasteiger partial charge in [-0.15, -0.1) is 0 Å². The molecule has 1 amide bonds. The Bertz CT molecular complexity index is 1310. The predicted molar refractivity (Wildman–Crippen MR) is 128 cm³/mol. The van der Waals surface area contributed by atoms with Crippen LogP contribution >= 0.6 is 0 Å². The highest BCUT2D eigenvalue weighted by molar-refractivity contribution is 6.51. The number of ether oxygens (including phenoxy) is 3. The minimum Gasteiger partial charge on any atom is -0.507 e. The summed E-state index contributed by atoms with van der Waals surface area (Å²) in [6.45, 7) is 5.60. The molecule has 2 aromatic carbocycles. The van der Waals surface area contributed by atoms with E-state index < -0.39 is 17.7 Å². The summed E-state index contributed by atoms with van der Waals surface area (Å²) < 4.78 is 21.6. The van der Waals surface area contributed by atoms with Gasteiger partial charge in [0.1, 0.15) is 29.9 Å². The molecule has 4 rings (SSSR count). The molecule has 180 valence electrons. The summed E-state index contributed by atoms with van der Waals surface area (Å²) in [7, 11) is 2.94. The summed E-state index contributed by atoms with van der Waals surface area (Å²) in [6.07, 6.45) is 1.61. The number of rotatable bonds is 8. The van der Waals surface area contributed by atoms with Gasteiger partial charge in [-0.3, -0.25) is 14.5 Å². The fourth-order valence-electron chi connectivity index (χ4n) is 3.98. The Balaban J connectivity index is 1.92. The molecule has 0 aliphatic carbocycles. The van der Waals surface area contributed by atoms with Crippen LogP contribution in [0.2, 0.25) is 0 Å². The number of nitrogens with zero attached hydrogens (tertiary/aromatic N) is 2. The van der Waals surface area contributed by atoms with E-state index in [4.69, 9.17) is 18.7 Å². The molecule has 1 aromatic heterocycles. The molecule has 0 saturated carbocycles. The van der Waals surface area contributed by atoms with Crippen molar-refractivity contribution < 1.29 is 33.4 Å². The average molecular weight is 476 g/mol. The zero-order valence-corrected chi connectivity index (χ0v) is 19.5. The minimum absolute atomic E-state index is 0.123. The quantitative estimate of drug-likeness (QED) is 0.223. The van der Waals surface area contributed by atoms with E-state index in [1.54, 1.807) is 55.5 Å². The molecule has 0 bridgehead atoms. The van der Waals surface area contributed by atoms with Gasteiger partial charge in [-0.1, -0.05) is 29.9 Å². The zero-order chi connectivity index (χ0) is 25.1. The molecule has 0 spiro atoms. The summed E-state index contributed by atoms with van der Waals surface area (Å²) in [5, 5.41) is 15.2. The Morgan fingerprint density at radius 3 is 2.51 bits per heavy atom. The van der Waals surface area contributed by atoms with Crippen LogP contribution in [-0.2, 0) is 9.59 Å². The number of aromatic nitrogens is 1. The molecule has 9 heteroatoms. The van der Waals surface area contributed by atoms with Crippen molar-refractivity contribution in [2.45, 2.75) is 13.0 Å². The van der Waals surface area contributed by atoms with Crippen LogP contribution in [0.15, 0.2) is 71.3 Å². The van der Waals surface area contributed by atoms with E-state index >= 15 is 0 Å². The monoisotopic (exact) mass is 476 g/mol. The summed E-state index contributed by atoms with van der Waals surface area (Å²) in [4.78, 5) is 27.7. The first-order valence-electron chi connectivity index (χ1n) is 10.7. The Kier molecular flexibility index (Phi) is 6.59. The Hall–Kier alpha value is -4.53. The van der Waals surface area contributed by atoms with E-state index in [0.29, 0.717) is 40.7 Å². The number of Topliss-reactive ketones (excluding diaryl/α,β-unsaturated/α-hetero) is 1. The standard InChI is InChI=1S/C26H24N2O7/c1-5-13-34-17-11-9-16(10-12-17)23(29)21-22(18-7-6-8-19(32-3)25(18)33-4)28(26(31)24(21)30)20-14-15(2)35-27-20/h5-12,14,22,29H,1,13H2,2-4H3/t22-/m1/s1. The number of methoxy groups -OCH3 is 2. The van der Waals surface area contributed by atoms with Gasteiger partial charge in [-0.05, 0) is 37.3 Å². The SMILES string of the molecule is C=CCOc1ccc(C(O)=C2C(=O)C(=O)N(c3cc(C)on3)[C@@H]2c2cccc(OC)c2OC)cc1. The van der Waals surface area contributed by atoms with Crippen molar-refractivity contribution in [2.24, 2.45) is 0 Å². The van der Waals surface area contributed by atoms with E-state index in [1.807, 2.05) is 0 Å². The van der Waals surface area contributed by atoms with Crippen molar-refractivity contribution >= 4 is 23.3 Å². The van der Waals surface area contributed by atoms with Gasteiger partial charge in [0.25, 0.3) is 5.78 Å². The third-order valence-corrected chi connectivity index (χ3v) is 5.53. The second kappa shape index (κ2) is 9.76. The van der Waals surface area contributed by atoms with Crippen molar-refractivity contribution in [1.82, 2.24) is 5.16 Å². The van der Waals surface area contributed by atoms with Gasteiger partial charge in [-0.25, -0.2) is 0 Å². The number of aliphatic hydroxyl groups excluding tert-OH is 1. The van der Waals surface area contributed by atoms with Crippen molar-refractivity contribution in [2.75, 3.05) is 25.7 Å². The number of benzene rings is 2. The first-order valence-corrected chi connectivity index (χ1v) is 10.7. The first-order chi connectivity index (χ1) is 16.9. The molecule has 1 saturated heterocycles. The lowest BCUT2D eigenvalue weighted by atomic mass is 9.94. The van der Waals surface area contributed by atoms with Gasteiger partial charge in [0, 0.05) is 17.2 Å². The van der Waals surface area contributed by atoms with Gasteiger partial charge < -0.3 is 23.8 Å². The highest BCUT2D eigenvalue weighted by atomic mass is 16.5. The van der Waals surface area contributed by atoms with E-state index in [9.17, 15) is 14.7 Å². The number of para-hydroxylation sites is 1. The van der Waals surface area contributed by atoms with Crippen LogP contribution in [0.1, 0.15) is 22.9 Å². The summed E-state index contributed by atoms with van der Waals surface area (Å²) >= 11 is 0. The molecule has 35 heavy (non-hydrogen) atoms. The number of aliphatic hydroxyl groups is 1. The minimum atomic E-state index is -1.05. The number of anilines is 1. The average Bonchev–Trinajstić information content (AvgIpc) is 3.42. The molecular formula is C26H24N2O7. The Morgan fingerprint density at radius 2 is 1.91 bits per heavy atom. The fourth-order valence-corrected chi connectivity index (χ4v) is 3.98. The first kappa shape index (κ1) is 23.6. The zero-order valence-electron chi connectivity index (χ0n) is 19.5. The molecule has 0 unspecified atom stereocenters. The Morgan fingerprint density at radius 1 is 1.17 bits per heavy atom. The van der Waals surface area contributed by atoms with Crippen molar-refractivity contribution in [3.8, 4) is 17.2 Å². The van der Waals surface area contributed by atoms with Crippen LogP contribution in [0.4, 0.5) is 5.82 Å². The molecule has 1 N–H and O–H groups in total. The van der Waals surface area contributed by atoms with E-state index in [0.717, 1.165) is 0 Å². The molecule has 3 aromatic rings. The lowest BCUT2D eigenvalue weighted by Gasteiger charge is -2.25. The third-order valence-electron chi connectivity index (χ3n) is 5.53. The smallest absolute Gasteiger partial charge is 0.301 e. The third kappa shape index (κ3) is 4.23. The van der Waals surface area contributed by atoms with Crippen LogP contribution < -0.4 is 19.1 Å². The number of carbonyl (C=O) groups excluding carboxylic acids is 2. The van der Waals surface area contributed by atoms with Crippen LogP contribution in [0, 0.1) is 6.92 Å². The number of carbonyl (C=O) groups is 2. The van der Waals surface area contributed by atoms with E-state index in [1.165, 1.54) is 25.2 Å². The highest BCUT2D eigenvalue weighted by Crippen LogP contribution is 2.47. The second-order valence-electron chi connectivity index (χ2n) is 7.67. The van der Waals surface area contributed by atoms with Crippen LogP contribution in [-0.4, -0.2) is 42.8 Å². The van der Waals surface area contributed by atoms with Crippen LogP contribution in [0.5, 0.6) is 17.2 Å². The molecule has 1 aliphatic heterocycles. The van der Waals surface area contributed by atoms with Crippen LogP contribution in [0.25, 0.3) is 5.76 Å². The maximum atomic E-state index is 13.3. The largest absolute Gasteiger partial charge is 0.507 e. The fraction of sp³-hybridized carbons (Fsp3) is 0.192. The summed E-state index contributed by atoms with van der Waals surface area (Å²) in [6, 6.07) is 12.1. The summed E-state index contributed by atoms with van der Waals surface area (Å²) in [5.41, 5.74) is 0.637. The number of hydrogen-bond acceptors (Lipinski definition) is 8. The number of ketones is 1. The lowest BCUT2D eigenvalue weighted by Crippen LogP contribution is -2.30. The highest BCUT2D eigenvalue weighted by Gasteiger charge is 2.49. The maximum absolute atomic E-state index is 13.3. The normalized spacial score (nSPS) is 16.9. The van der Waals surface area contributed by atoms with Crippen LogP contribution in [0.3, 0.4) is 0 Å². The molecule has 1 fully saturated rings. The van der Waals surface area contributed by atoms with E-state index in [2.05, 4.69) is 11.7 Å². The maximum Gasteiger partial charge on any atom is 0.301 e. The number of aryl methyl sites for hydroxylation is 1. The topological polar surface area (TPSA) is 111 Å². The lowest BCUT2D eigenvalue weighted by molar-refractivity contribution is -0.132.